The summed E-state index contributed by atoms with van der Waals surface area (Å²) in [5, 5.41) is 17.9. The molecule has 4 nitrogen and oxygen atoms in total. The van der Waals surface area contributed by atoms with Crippen molar-refractivity contribution in [3.8, 4) is 0 Å². The fourth-order valence-corrected chi connectivity index (χ4v) is 1.20. The molecule has 1 aromatic heterocycles. The van der Waals surface area contributed by atoms with Crippen LogP contribution >= 0.6 is 11.5 Å². The zero-order chi connectivity index (χ0) is 8.10. The lowest BCUT2D eigenvalue weighted by Gasteiger charge is -2.05. The van der Waals surface area contributed by atoms with Crippen molar-refractivity contribution in [3.63, 3.8) is 0 Å². The molecule has 0 spiro atoms. The van der Waals surface area contributed by atoms with Crippen LogP contribution in [0.5, 0.6) is 0 Å². The van der Waals surface area contributed by atoms with Gasteiger partial charge >= 0.3 is 0 Å². The summed E-state index contributed by atoms with van der Waals surface area (Å²) in [5.41, 5.74) is 0.649. The maximum absolute atomic E-state index is 9.38. The van der Waals surface area contributed by atoms with Gasteiger partial charge in [-0.25, -0.2) is 0 Å². The molecule has 1 aromatic rings. The van der Waals surface area contributed by atoms with Gasteiger partial charge in [0.25, 0.3) is 0 Å². The van der Waals surface area contributed by atoms with Gasteiger partial charge in [0.05, 0.1) is 0 Å². The van der Waals surface area contributed by atoms with Gasteiger partial charge in [-0.05, 0) is 18.1 Å². The van der Waals surface area contributed by atoms with E-state index in [0.717, 1.165) is 6.54 Å². The summed E-state index contributed by atoms with van der Waals surface area (Å²) in [6.07, 6.45) is -0.520. The van der Waals surface area contributed by atoms with E-state index in [1.54, 1.807) is 5.38 Å². The van der Waals surface area contributed by atoms with Gasteiger partial charge in [-0.3, -0.25) is 0 Å². The van der Waals surface area contributed by atoms with Crippen LogP contribution in [0, 0.1) is 0 Å². The molecule has 0 aromatic carbocycles. The molecular weight excluding hydrogens is 162 g/mol. The Morgan fingerprint density at radius 2 is 2.64 bits per heavy atom. The molecule has 0 bridgehead atoms. The second-order valence-corrected chi connectivity index (χ2v) is 2.76. The molecule has 0 aliphatic rings. The van der Waals surface area contributed by atoms with Crippen molar-refractivity contribution in [1.82, 2.24) is 14.9 Å². The summed E-state index contributed by atoms with van der Waals surface area (Å²) < 4.78 is 3.66. The van der Waals surface area contributed by atoms with Crippen molar-refractivity contribution in [2.45, 2.75) is 13.0 Å². The Morgan fingerprint density at radius 1 is 1.82 bits per heavy atom. The lowest BCUT2D eigenvalue weighted by atomic mass is 10.3. The number of hydrogen-bond acceptors (Lipinski definition) is 5. The fourth-order valence-electron chi connectivity index (χ4n) is 0.703. The van der Waals surface area contributed by atoms with Gasteiger partial charge in [0.1, 0.15) is 11.8 Å². The number of rotatable bonds is 4. The van der Waals surface area contributed by atoms with Gasteiger partial charge < -0.3 is 10.4 Å². The van der Waals surface area contributed by atoms with E-state index in [4.69, 9.17) is 0 Å². The number of aromatic nitrogens is 2. The molecule has 1 rings (SSSR count). The van der Waals surface area contributed by atoms with E-state index < -0.39 is 6.10 Å². The standard InChI is InChI=1S/C6H11N3OS/c1-2-7-3-6(10)5-4-11-9-8-5/h4,6-7,10H,2-3H2,1H3. The van der Waals surface area contributed by atoms with Gasteiger partial charge in [0, 0.05) is 11.9 Å². The van der Waals surface area contributed by atoms with Crippen LogP contribution in [-0.4, -0.2) is 27.8 Å². The Labute approximate surface area is 69.4 Å². The molecule has 2 N–H and O–H groups in total. The topological polar surface area (TPSA) is 58.0 Å². The number of hydrogen-bond donors (Lipinski definition) is 2. The minimum absolute atomic E-state index is 0.520. The smallest absolute Gasteiger partial charge is 0.111 e. The first kappa shape index (κ1) is 8.58. The molecule has 0 saturated heterocycles. The Bertz CT molecular complexity index is 190. The van der Waals surface area contributed by atoms with E-state index >= 15 is 0 Å². The van der Waals surface area contributed by atoms with Crippen molar-refractivity contribution < 1.29 is 5.11 Å². The lowest BCUT2D eigenvalue weighted by Crippen LogP contribution is -2.21. The summed E-state index contributed by atoms with van der Waals surface area (Å²) in [4.78, 5) is 0. The van der Waals surface area contributed by atoms with E-state index in [0.29, 0.717) is 12.2 Å². The van der Waals surface area contributed by atoms with Crippen molar-refractivity contribution in [2.75, 3.05) is 13.1 Å². The van der Waals surface area contributed by atoms with E-state index in [2.05, 4.69) is 14.9 Å². The van der Waals surface area contributed by atoms with Crippen LogP contribution in [0.2, 0.25) is 0 Å². The second kappa shape index (κ2) is 4.38. The predicted molar refractivity (Wildman–Crippen MR) is 43.4 cm³/mol. The average molecular weight is 173 g/mol. The average Bonchev–Trinajstić information content (AvgIpc) is 2.52. The summed E-state index contributed by atoms with van der Waals surface area (Å²) in [7, 11) is 0. The number of nitrogens with one attached hydrogen (secondary N) is 1. The zero-order valence-corrected chi connectivity index (χ0v) is 7.14. The normalized spacial score (nSPS) is 13.3. The second-order valence-electron chi connectivity index (χ2n) is 2.15. The van der Waals surface area contributed by atoms with Crippen LogP contribution in [-0.2, 0) is 0 Å². The largest absolute Gasteiger partial charge is 0.385 e. The molecule has 1 unspecified atom stereocenters. The van der Waals surface area contributed by atoms with Crippen molar-refractivity contribution in [3.05, 3.63) is 11.1 Å². The van der Waals surface area contributed by atoms with Gasteiger partial charge in [-0.15, -0.1) is 5.10 Å². The highest BCUT2D eigenvalue weighted by atomic mass is 32.1. The Hall–Kier alpha value is -0.520. The van der Waals surface area contributed by atoms with Crippen molar-refractivity contribution >= 4 is 11.5 Å². The molecule has 1 heterocycles. The molecule has 0 fully saturated rings. The minimum atomic E-state index is -0.520. The number of nitrogens with zero attached hydrogens (tertiary/aromatic N) is 2. The molecule has 0 radical (unpaired) electrons. The van der Waals surface area contributed by atoms with Crippen LogP contribution in [0.25, 0.3) is 0 Å². The summed E-state index contributed by atoms with van der Waals surface area (Å²) in [6.45, 7) is 3.39. The first-order valence-electron chi connectivity index (χ1n) is 3.50. The molecule has 0 amide bonds. The molecular formula is C6H11N3OS. The summed E-state index contributed by atoms with van der Waals surface area (Å²) >= 11 is 1.25. The van der Waals surface area contributed by atoms with Crippen molar-refractivity contribution in [2.24, 2.45) is 0 Å². The van der Waals surface area contributed by atoms with Gasteiger partial charge in [-0.1, -0.05) is 11.4 Å². The highest BCUT2D eigenvalue weighted by Crippen LogP contribution is 2.08. The molecule has 5 heteroatoms. The summed E-state index contributed by atoms with van der Waals surface area (Å²) in [6, 6.07) is 0. The number of likely N-dealkylation sites (N-methyl/N-ethyl adjacent to an activating group) is 1. The maximum Gasteiger partial charge on any atom is 0.111 e. The molecule has 0 aliphatic heterocycles. The first-order chi connectivity index (χ1) is 5.34. The quantitative estimate of drug-likeness (QED) is 0.682. The maximum atomic E-state index is 9.38. The van der Waals surface area contributed by atoms with E-state index in [9.17, 15) is 5.11 Å². The minimum Gasteiger partial charge on any atom is -0.385 e. The van der Waals surface area contributed by atoms with Crippen molar-refractivity contribution in [1.29, 1.82) is 0 Å². The zero-order valence-electron chi connectivity index (χ0n) is 6.32. The van der Waals surface area contributed by atoms with Crippen LogP contribution in [0.3, 0.4) is 0 Å². The monoisotopic (exact) mass is 173 g/mol. The van der Waals surface area contributed by atoms with Crippen LogP contribution in [0.15, 0.2) is 5.38 Å². The number of aliphatic hydroxyl groups is 1. The molecule has 62 valence electrons. The van der Waals surface area contributed by atoms with Crippen LogP contribution in [0.1, 0.15) is 18.7 Å². The van der Waals surface area contributed by atoms with E-state index in [1.165, 1.54) is 11.5 Å². The Kier molecular flexibility index (Phi) is 3.41. The van der Waals surface area contributed by atoms with Crippen LogP contribution in [0.4, 0.5) is 0 Å². The van der Waals surface area contributed by atoms with Gasteiger partial charge in [0.2, 0.25) is 0 Å². The molecule has 0 saturated carbocycles. The lowest BCUT2D eigenvalue weighted by molar-refractivity contribution is 0.171. The molecule has 0 aliphatic carbocycles. The number of aliphatic hydroxyl groups excluding tert-OH is 1. The highest BCUT2D eigenvalue weighted by Gasteiger charge is 2.08. The Morgan fingerprint density at radius 3 is 3.18 bits per heavy atom. The highest BCUT2D eigenvalue weighted by molar-refractivity contribution is 7.03. The molecule has 1 atom stereocenters. The SMILES string of the molecule is CCNCC(O)c1csnn1. The van der Waals surface area contributed by atoms with Crippen LogP contribution < -0.4 is 5.32 Å². The molecule has 11 heavy (non-hydrogen) atoms. The third-order valence-corrected chi connectivity index (χ3v) is 1.83. The van der Waals surface area contributed by atoms with Gasteiger partial charge in [-0.2, -0.15) is 0 Å². The van der Waals surface area contributed by atoms with E-state index in [1.807, 2.05) is 6.92 Å². The summed E-state index contributed by atoms with van der Waals surface area (Å²) in [5.74, 6) is 0. The van der Waals surface area contributed by atoms with E-state index in [-0.39, 0.29) is 0 Å². The Balaban J connectivity index is 2.36. The fraction of sp³-hybridized carbons (Fsp3) is 0.667. The third-order valence-electron chi connectivity index (χ3n) is 1.31. The van der Waals surface area contributed by atoms with Gasteiger partial charge in [0.15, 0.2) is 0 Å². The first-order valence-corrected chi connectivity index (χ1v) is 4.34. The third kappa shape index (κ3) is 2.53. The predicted octanol–water partition coefficient (Wildman–Crippen LogP) is 0.181.